The first kappa shape index (κ1) is 18.9. The van der Waals surface area contributed by atoms with Gasteiger partial charge in [0.05, 0.1) is 11.1 Å². The van der Waals surface area contributed by atoms with Crippen LogP contribution in [0, 0.1) is 0 Å². The molecule has 144 valence electrons. The minimum atomic E-state index is -0.339. The van der Waals surface area contributed by atoms with Crippen molar-refractivity contribution in [3.05, 3.63) is 35.4 Å². The number of likely N-dealkylation sites (tertiary alicyclic amines) is 1. The van der Waals surface area contributed by atoms with Gasteiger partial charge in [-0.15, -0.1) is 0 Å². The van der Waals surface area contributed by atoms with E-state index in [1.807, 2.05) is 0 Å². The van der Waals surface area contributed by atoms with Crippen molar-refractivity contribution in [2.24, 2.45) is 0 Å². The SMILES string of the molecule is CN(C)C(=O)NC1CCN(C(=O)CCN2C(=O)c3ccccc3C2=O)CC1. The molecule has 0 atom stereocenters. The number of carbonyl (C=O) groups is 4. The largest absolute Gasteiger partial charge is 0.342 e. The molecule has 8 heteroatoms. The fraction of sp³-hybridized carbons (Fsp3) is 0.474. The van der Waals surface area contributed by atoms with E-state index in [0.29, 0.717) is 37.1 Å². The molecule has 0 spiro atoms. The first-order chi connectivity index (χ1) is 12.9. The summed E-state index contributed by atoms with van der Waals surface area (Å²) in [5, 5.41) is 2.93. The van der Waals surface area contributed by atoms with Crippen LogP contribution in [0.25, 0.3) is 0 Å². The maximum atomic E-state index is 12.5. The predicted octanol–water partition coefficient (Wildman–Crippen LogP) is 0.935. The molecule has 0 radical (unpaired) electrons. The number of piperidine rings is 1. The van der Waals surface area contributed by atoms with E-state index in [9.17, 15) is 19.2 Å². The second-order valence-corrected chi connectivity index (χ2v) is 7.06. The average molecular weight is 372 g/mol. The van der Waals surface area contributed by atoms with Gasteiger partial charge in [-0.2, -0.15) is 0 Å². The Morgan fingerprint density at radius 2 is 1.63 bits per heavy atom. The van der Waals surface area contributed by atoms with E-state index in [1.165, 1.54) is 4.90 Å². The van der Waals surface area contributed by atoms with Crippen molar-refractivity contribution in [1.29, 1.82) is 0 Å². The highest BCUT2D eigenvalue weighted by Gasteiger charge is 2.35. The van der Waals surface area contributed by atoms with Gasteiger partial charge in [-0.1, -0.05) is 12.1 Å². The van der Waals surface area contributed by atoms with Crippen LogP contribution in [0.1, 0.15) is 40.0 Å². The zero-order valence-electron chi connectivity index (χ0n) is 15.6. The van der Waals surface area contributed by atoms with E-state index in [-0.39, 0.29) is 42.8 Å². The lowest BCUT2D eigenvalue weighted by molar-refractivity contribution is -0.132. The van der Waals surface area contributed by atoms with Crippen molar-refractivity contribution in [3.63, 3.8) is 0 Å². The average Bonchev–Trinajstić information content (AvgIpc) is 2.91. The Morgan fingerprint density at radius 3 is 2.15 bits per heavy atom. The van der Waals surface area contributed by atoms with Crippen LogP contribution >= 0.6 is 0 Å². The Hall–Kier alpha value is -2.90. The molecule has 0 unspecified atom stereocenters. The number of nitrogens with zero attached hydrogens (tertiary/aromatic N) is 3. The number of urea groups is 1. The van der Waals surface area contributed by atoms with Crippen LogP contribution in [0.3, 0.4) is 0 Å². The molecule has 8 nitrogen and oxygen atoms in total. The third-order valence-electron chi connectivity index (χ3n) is 5.01. The lowest BCUT2D eigenvalue weighted by atomic mass is 10.0. The van der Waals surface area contributed by atoms with E-state index in [2.05, 4.69) is 5.32 Å². The van der Waals surface area contributed by atoms with Crippen LogP contribution in [0.4, 0.5) is 4.79 Å². The molecule has 0 aromatic heterocycles. The monoisotopic (exact) mass is 372 g/mol. The molecule has 1 fully saturated rings. The Labute approximate surface area is 158 Å². The quantitative estimate of drug-likeness (QED) is 0.797. The summed E-state index contributed by atoms with van der Waals surface area (Å²) in [5.74, 6) is -0.758. The van der Waals surface area contributed by atoms with E-state index < -0.39 is 0 Å². The van der Waals surface area contributed by atoms with Crippen molar-refractivity contribution >= 4 is 23.8 Å². The Morgan fingerprint density at radius 1 is 1.07 bits per heavy atom. The molecule has 27 heavy (non-hydrogen) atoms. The van der Waals surface area contributed by atoms with Crippen LogP contribution in [-0.4, -0.2) is 78.2 Å². The number of benzene rings is 1. The van der Waals surface area contributed by atoms with Gasteiger partial charge in [0.1, 0.15) is 0 Å². The molecule has 2 aliphatic heterocycles. The Kier molecular flexibility index (Phi) is 5.43. The minimum Gasteiger partial charge on any atom is -0.342 e. The number of hydrogen-bond donors (Lipinski definition) is 1. The first-order valence-electron chi connectivity index (χ1n) is 9.09. The highest BCUT2D eigenvalue weighted by Crippen LogP contribution is 2.22. The van der Waals surface area contributed by atoms with Crippen molar-refractivity contribution in [2.45, 2.75) is 25.3 Å². The normalized spacial score (nSPS) is 17.1. The highest BCUT2D eigenvalue weighted by molar-refractivity contribution is 6.21. The molecule has 0 aliphatic carbocycles. The van der Waals surface area contributed by atoms with Gasteiger partial charge in [0.25, 0.3) is 11.8 Å². The topological polar surface area (TPSA) is 90.0 Å². The van der Waals surface area contributed by atoms with Crippen molar-refractivity contribution in [3.8, 4) is 0 Å². The fourth-order valence-electron chi connectivity index (χ4n) is 3.38. The summed E-state index contributed by atoms with van der Waals surface area (Å²) in [6.07, 6.45) is 1.50. The zero-order chi connectivity index (χ0) is 19.6. The maximum Gasteiger partial charge on any atom is 0.317 e. The summed E-state index contributed by atoms with van der Waals surface area (Å²) in [6.45, 7) is 1.20. The second-order valence-electron chi connectivity index (χ2n) is 7.06. The van der Waals surface area contributed by atoms with E-state index >= 15 is 0 Å². The van der Waals surface area contributed by atoms with E-state index in [1.54, 1.807) is 43.3 Å². The third kappa shape index (κ3) is 3.94. The molecule has 1 N–H and O–H groups in total. The molecule has 2 heterocycles. The summed E-state index contributed by atoms with van der Waals surface area (Å²) in [7, 11) is 3.38. The summed E-state index contributed by atoms with van der Waals surface area (Å²) >= 11 is 0. The lowest BCUT2D eigenvalue weighted by Gasteiger charge is -2.33. The molecule has 1 aromatic rings. The first-order valence-corrected chi connectivity index (χ1v) is 9.09. The number of carbonyl (C=O) groups excluding carboxylic acids is 4. The van der Waals surface area contributed by atoms with Crippen molar-refractivity contribution in [1.82, 2.24) is 20.0 Å². The number of hydrogen-bond acceptors (Lipinski definition) is 4. The highest BCUT2D eigenvalue weighted by atomic mass is 16.2. The second kappa shape index (κ2) is 7.77. The number of rotatable bonds is 4. The molecular weight excluding hydrogens is 348 g/mol. The number of fused-ring (bicyclic) bond motifs is 1. The zero-order valence-corrected chi connectivity index (χ0v) is 15.6. The van der Waals surface area contributed by atoms with Crippen molar-refractivity contribution in [2.75, 3.05) is 33.7 Å². The number of amides is 5. The molecule has 3 rings (SSSR count). The summed E-state index contributed by atoms with van der Waals surface area (Å²) in [4.78, 5) is 53.2. The molecular formula is C19H24N4O4. The molecule has 1 aromatic carbocycles. The maximum absolute atomic E-state index is 12.5. The van der Waals surface area contributed by atoms with Gasteiger partial charge in [-0.05, 0) is 25.0 Å². The minimum absolute atomic E-state index is 0.0557. The van der Waals surface area contributed by atoms with Gasteiger partial charge >= 0.3 is 6.03 Å². The predicted molar refractivity (Wildman–Crippen MR) is 98.2 cm³/mol. The van der Waals surface area contributed by atoms with E-state index in [0.717, 1.165) is 4.90 Å². The lowest BCUT2D eigenvalue weighted by Crippen LogP contribution is -2.49. The van der Waals surface area contributed by atoms with Gasteiger partial charge in [0.15, 0.2) is 0 Å². The number of nitrogens with one attached hydrogen (secondary N) is 1. The van der Waals surface area contributed by atoms with Crippen molar-refractivity contribution < 1.29 is 19.2 Å². The van der Waals surface area contributed by atoms with Gasteiger partial charge in [-0.3, -0.25) is 19.3 Å². The summed E-state index contributed by atoms with van der Waals surface area (Å²) < 4.78 is 0. The molecule has 0 bridgehead atoms. The summed E-state index contributed by atoms with van der Waals surface area (Å²) in [6, 6.07) is 6.62. The Bertz CT molecular complexity index is 734. The fourth-order valence-corrected chi connectivity index (χ4v) is 3.38. The van der Waals surface area contributed by atoms with Gasteiger partial charge < -0.3 is 15.1 Å². The summed E-state index contributed by atoms with van der Waals surface area (Å²) in [5.41, 5.74) is 0.791. The molecule has 2 aliphatic rings. The van der Waals surface area contributed by atoms with Crippen LogP contribution < -0.4 is 5.32 Å². The number of imide groups is 1. The molecule has 1 saturated heterocycles. The van der Waals surface area contributed by atoms with E-state index in [4.69, 9.17) is 0 Å². The van der Waals surface area contributed by atoms with Gasteiger partial charge in [0.2, 0.25) is 5.91 Å². The van der Waals surface area contributed by atoms with Crippen LogP contribution in [0.5, 0.6) is 0 Å². The standard InChI is InChI=1S/C19H24N4O4/c1-21(2)19(27)20-13-7-10-22(11-8-13)16(24)9-12-23-17(25)14-5-3-4-6-15(14)18(23)26/h3-6,13H,7-12H2,1-2H3,(H,20,27). The van der Waals surface area contributed by atoms with Crippen LogP contribution in [-0.2, 0) is 4.79 Å². The Balaban J connectivity index is 1.48. The molecule has 0 saturated carbocycles. The van der Waals surface area contributed by atoms with Gasteiger partial charge in [0, 0.05) is 46.2 Å². The molecule has 5 amide bonds. The smallest absolute Gasteiger partial charge is 0.317 e. The van der Waals surface area contributed by atoms with Crippen LogP contribution in [0.15, 0.2) is 24.3 Å². The van der Waals surface area contributed by atoms with Crippen LogP contribution in [0.2, 0.25) is 0 Å². The third-order valence-corrected chi connectivity index (χ3v) is 5.01. The van der Waals surface area contributed by atoms with Gasteiger partial charge in [-0.25, -0.2) is 4.79 Å².